The molecule has 0 bridgehead atoms. The Morgan fingerprint density at radius 1 is 0.698 bits per heavy atom. The molecule has 0 radical (unpaired) electrons. The first-order chi connectivity index (χ1) is 21.2. The molecule has 3 atom stereocenters. The second-order valence-electron chi connectivity index (χ2n) is 12.6. The molecule has 0 amide bonds. The molecular formula is C42H37N. The maximum atomic E-state index is 4.36. The first-order valence-electron chi connectivity index (χ1n) is 15.9. The van der Waals surface area contributed by atoms with Gasteiger partial charge in [0.1, 0.15) is 0 Å². The Morgan fingerprint density at radius 3 is 2.28 bits per heavy atom. The third-order valence-electron chi connectivity index (χ3n) is 9.89. The lowest BCUT2D eigenvalue weighted by Crippen LogP contribution is -2.41. The van der Waals surface area contributed by atoms with Gasteiger partial charge >= 0.3 is 0 Å². The average molecular weight is 556 g/mol. The molecule has 2 aromatic carbocycles. The maximum absolute atomic E-state index is 4.36. The van der Waals surface area contributed by atoms with E-state index >= 15 is 0 Å². The largest absolute Gasteiger partial charge is 0.264 e. The summed E-state index contributed by atoms with van der Waals surface area (Å²) in [4.78, 5) is 4.36. The van der Waals surface area contributed by atoms with E-state index in [1.165, 1.54) is 66.1 Å². The van der Waals surface area contributed by atoms with Gasteiger partial charge in [-0.1, -0.05) is 110 Å². The lowest BCUT2D eigenvalue weighted by atomic mass is 9.67. The zero-order chi connectivity index (χ0) is 28.8. The van der Waals surface area contributed by atoms with Crippen LogP contribution in [0.1, 0.15) is 54.9 Å². The molecule has 0 N–H and O–H groups in total. The van der Waals surface area contributed by atoms with E-state index in [0.717, 1.165) is 32.1 Å². The van der Waals surface area contributed by atoms with Crippen molar-refractivity contribution in [2.24, 2.45) is 17.8 Å². The van der Waals surface area contributed by atoms with Gasteiger partial charge in [0.05, 0.1) is 0 Å². The van der Waals surface area contributed by atoms with Crippen molar-refractivity contribution in [1.29, 1.82) is 0 Å². The van der Waals surface area contributed by atoms with Gasteiger partial charge in [0.15, 0.2) is 0 Å². The van der Waals surface area contributed by atoms with Crippen LogP contribution in [0.3, 0.4) is 0 Å². The predicted octanol–water partition coefficient (Wildman–Crippen LogP) is 8.57. The maximum Gasteiger partial charge on any atom is 0.0343 e. The van der Waals surface area contributed by atoms with Gasteiger partial charge in [0.25, 0.3) is 0 Å². The van der Waals surface area contributed by atoms with Crippen LogP contribution in [-0.2, 0) is 6.42 Å². The minimum Gasteiger partial charge on any atom is -0.264 e. The van der Waals surface area contributed by atoms with E-state index in [0.29, 0.717) is 17.8 Å². The minimum absolute atomic E-state index is 0.360. The van der Waals surface area contributed by atoms with Crippen LogP contribution >= 0.6 is 0 Å². The van der Waals surface area contributed by atoms with Crippen LogP contribution in [0.5, 0.6) is 0 Å². The Kier molecular flexibility index (Phi) is 6.67. The molecule has 0 fully saturated rings. The van der Waals surface area contributed by atoms with Gasteiger partial charge in [-0.15, -0.1) is 0 Å². The fraction of sp³-hybridized carbons (Fsp3) is 0.214. The van der Waals surface area contributed by atoms with Gasteiger partial charge in [-0.05, 0) is 116 Å². The van der Waals surface area contributed by atoms with E-state index in [1.54, 1.807) is 0 Å². The molecule has 0 spiro atoms. The van der Waals surface area contributed by atoms with E-state index in [2.05, 4.69) is 121 Å². The van der Waals surface area contributed by atoms with E-state index in [4.69, 9.17) is 0 Å². The van der Waals surface area contributed by atoms with Crippen molar-refractivity contribution in [1.82, 2.24) is 4.98 Å². The third-order valence-corrected chi connectivity index (χ3v) is 9.89. The van der Waals surface area contributed by atoms with Crippen LogP contribution in [-0.4, -0.2) is 4.98 Å². The number of allylic oxidation sites excluding steroid dienone is 13. The monoisotopic (exact) mass is 555 g/mol. The van der Waals surface area contributed by atoms with Crippen molar-refractivity contribution >= 4 is 28.4 Å². The number of hydrogen-bond donors (Lipinski definition) is 0. The Hall–Kier alpha value is -4.49. The number of benzene rings is 2. The summed E-state index contributed by atoms with van der Waals surface area (Å²) in [6, 6.07) is 20.5. The number of fused-ring (bicyclic) bond motifs is 3. The van der Waals surface area contributed by atoms with Crippen LogP contribution in [0.25, 0.3) is 28.4 Å². The number of hydrogen-bond acceptors (Lipinski definition) is 1. The van der Waals surface area contributed by atoms with Crippen molar-refractivity contribution in [3.8, 4) is 0 Å². The average Bonchev–Trinajstić information content (AvgIpc) is 3.07. The zero-order valence-corrected chi connectivity index (χ0v) is 24.8. The molecule has 3 aromatic rings. The fourth-order valence-corrected chi connectivity index (χ4v) is 7.85. The van der Waals surface area contributed by atoms with Crippen LogP contribution in [0.4, 0.5) is 0 Å². The molecule has 0 saturated carbocycles. The van der Waals surface area contributed by atoms with Crippen molar-refractivity contribution in [3.05, 3.63) is 166 Å². The molecule has 43 heavy (non-hydrogen) atoms. The summed E-state index contributed by atoms with van der Waals surface area (Å²) in [5, 5.41) is 2.85. The summed E-state index contributed by atoms with van der Waals surface area (Å²) in [6.07, 6.45) is 33.0. The molecule has 0 aliphatic heterocycles. The Bertz CT molecular complexity index is 1950. The lowest BCUT2D eigenvalue weighted by Gasteiger charge is -2.36. The molecule has 3 unspecified atom stereocenters. The van der Waals surface area contributed by atoms with Crippen molar-refractivity contribution in [2.75, 3.05) is 0 Å². The quantitative estimate of drug-likeness (QED) is 0.314. The van der Waals surface area contributed by atoms with Crippen LogP contribution in [0, 0.1) is 17.8 Å². The molecule has 1 heterocycles. The van der Waals surface area contributed by atoms with E-state index in [1.807, 2.05) is 18.5 Å². The number of nitrogens with zero attached hydrogens (tertiary/aromatic N) is 1. The SMILES string of the molecule is CC1C=CC=C(C2=c3ccccc3=C(C3=Cc4cc(C5=CCCC(c6cccnc6)=C5)ccc4CC3)C3C=CC=CC23)C1. The smallest absolute Gasteiger partial charge is 0.0343 e. The second kappa shape index (κ2) is 11.0. The highest BCUT2D eigenvalue weighted by molar-refractivity contribution is 5.88. The molecule has 5 aliphatic rings. The molecule has 8 rings (SSSR count). The highest BCUT2D eigenvalue weighted by Gasteiger charge is 2.34. The summed E-state index contributed by atoms with van der Waals surface area (Å²) in [5.74, 6) is 1.31. The highest BCUT2D eigenvalue weighted by atomic mass is 14.6. The lowest BCUT2D eigenvalue weighted by molar-refractivity contribution is 0.655. The minimum atomic E-state index is 0.360. The van der Waals surface area contributed by atoms with Gasteiger partial charge in [0.2, 0.25) is 0 Å². The third kappa shape index (κ3) is 4.78. The van der Waals surface area contributed by atoms with Crippen LogP contribution < -0.4 is 10.4 Å². The number of aryl methyl sites for hydroxylation is 1. The molecule has 1 nitrogen and oxygen atoms in total. The molecule has 0 saturated heterocycles. The Balaban J connectivity index is 1.25. The van der Waals surface area contributed by atoms with Crippen LogP contribution in [0.2, 0.25) is 0 Å². The first-order valence-corrected chi connectivity index (χ1v) is 15.9. The summed E-state index contributed by atoms with van der Waals surface area (Å²) in [5.41, 5.74) is 14.1. The molecule has 5 aliphatic carbocycles. The van der Waals surface area contributed by atoms with Gasteiger partial charge in [-0.2, -0.15) is 0 Å². The molecule has 210 valence electrons. The summed E-state index contributed by atoms with van der Waals surface area (Å²) >= 11 is 0. The predicted molar refractivity (Wildman–Crippen MR) is 181 cm³/mol. The molecular weight excluding hydrogens is 518 g/mol. The normalized spacial score (nSPS) is 23.9. The highest BCUT2D eigenvalue weighted by Crippen LogP contribution is 2.44. The first kappa shape index (κ1) is 26.2. The van der Waals surface area contributed by atoms with Gasteiger partial charge in [-0.3, -0.25) is 4.98 Å². The fourth-order valence-electron chi connectivity index (χ4n) is 7.85. The topological polar surface area (TPSA) is 12.9 Å². The van der Waals surface area contributed by atoms with Crippen molar-refractivity contribution < 1.29 is 0 Å². The number of aromatic nitrogens is 1. The Labute approximate surface area is 255 Å². The summed E-state index contributed by atoms with van der Waals surface area (Å²) < 4.78 is 0. The van der Waals surface area contributed by atoms with Crippen molar-refractivity contribution in [2.45, 2.75) is 39.0 Å². The van der Waals surface area contributed by atoms with E-state index in [-0.39, 0.29) is 0 Å². The van der Waals surface area contributed by atoms with Gasteiger partial charge in [-0.25, -0.2) is 0 Å². The van der Waals surface area contributed by atoms with Crippen LogP contribution in [0.15, 0.2) is 133 Å². The van der Waals surface area contributed by atoms with Gasteiger partial charge in [0, 0.05) is 24.2 Å². The molecule has 1 heteroatoms. The number of pyridine rings is 1. The van der Waals surface area contributed by atoms with E-state index in [9.17, 15) is 0 Å². The Morgan fingerprint density at radius 2 is 1.51 bits per heavy atom. The molecule has 1 aromatic heterocycles. The standard InChI is InChI=1S/C42H37N/c1-28-9-6-12-33(23-28)41-37-14-2-4-16-39(37)42(40-17-5-3-15-38(40)41)34-21-19-29-18-20-32(25-36(29)26-34)30-10-7-11-31(24-30)35-13-8-22-43-27-35/h2-6,8-10,12-18,20,22,24-28,37,39H,7,11,19,21,23H2,1H3. The zero-order valence-electron chi connectivity index (χ0n) is 24.8. The van der Waals surface area contributed by atoms with Gasteiger partial charge < -0.3 is 0 Å². The number of rotatable bonds is 4. The van der Waals surface area contributed by atoms with Crippen molar-refractivity contribution in [3.63, 3.8) is 0 Å². The van der Waals surface area contributed by atoms with E-state index < -0.39 is 0 Å². The summed E-state index contributed by atoms with van der Waals surface area (Å²) in [7, 11) is 0. The second-order valence-corrected chi connectivity index (χ2v) is 12.6. The summed E-state index contributed by atoms with van der Waals surface area (Å²) in [6.45, 7) is 2.34.